The number of aromatic amines is 1. The molecule has 0 aliphatic carbocycles. The fourth-order valence-electron chi connectivity index (χ4n) is 3.36. The van der Waals surface area contributed by atoms with E-state index < -0.39 is 0 Å². The molecule has 3 N–H and O–H groups in total. The molecular formula is C19H18N4O. The van der Waals surface area contributed by atoms with Crippen LogP contribution >= 0.6 is 0 Å². The van der Waals surface area contributed by atoms with Crippen molar-refractivity contribution >= 4 is 5.91 Å². The number of carbonyl (C=O) groups excluding carboxylic acids is 1. The molecule has 0 fully saturated rings. The minimum absolute atomic E-state index is 0.0426. The van der Waals surface area contributed by atoms with E-state index in [9.17, 15) is 4.79 Å². The second-order valence-corrected chi connectivity index (χ2v) is 5.83. The zero-order valence-electron chi connectivity index (χ0n) is 13.1. The summed E-state index contributed by atoms with van der Waals surface area (Å²) >= 11 is 0. The fraction of sp³-hybridized carbons (Fsp3) is 0.158. The first-order chi connectivity index (χ1) is 11.8. The molecule has 1 aliphatic rings. The molecule has 24 heavy (non-hydrogen) atoms. The van der Waals surface area contributed by atoms with Gasteiger partial charge in [0, 0.05) is 24.2 Å². The molecule has 5 heteroatoms. The monoisotopic (exact) mass is 318 g/mol. The maximum Gasteiger partial charge on any atom is 0.273 e. The number of hydrogen-bond acceptors (Lipinski definition) is 3. The summed E-state index contributed by atoms with van der Waals surface area (Å²) in [6.45, 7) is 0.933. The quantitative estimate of drug-likeness (QED) is 0.776. The van der Waals surface area contributed by atoms with E-state index >= 15 is 0 Å². The molecule has 1 aliphatic heterocycles. The van der Waals surface area contributed by atoms with Gasteiger partial charge in [-0.3, -0.25) is 9.89 Å². The molecular weight excluding hydrogens is 300 g/mol. The SMILES string of the molecule is NCCN1C(=O)c2[nH]nc(-c3ccccc3)c2C1c1ccccc1. The van der Waals surface area contributed by atoms with Crippen molar-refractivity contribution in [1.29, 1.82) is 0 Å². The maximum atomic E-state index is 12.8. The number of nitrogens with zero attached hydrogens (tertiary/aromatic N) is 2. The van der Waals surface area contributed by atoms with Gasteiger partial charge in [0.15, 0.2) is 0 Å². The third-order valence-electron chi connectivity index (χ3n) is 4.40. The van der Waals surface area contributed by atoms with Gasteiger partial charge in [-0.05, 0) is 5.56 Å². The summed E-state index contributed by atoms with van der Waals surface area (Å²) in [4.78, 5) is 14.6. The molecule has 1 atom stereocenters. The van der Waals surface area contributed by atoms with E-state index in [1.165, 1.54) is 0 Å². The Morgan fingerprint density at radius 2 is 1.71 bits per heavy atom. The lowest BCUT2D eigenvalue weighted by Crippen LogP contribution is -2.34. The zero-order valence-corrected chi connectivity index (χ0v) is 13.1. The Hall–Kier alpha value is -2.92. The molecule has 2 aromatic carbocycles. The van der Waals surface area contributed by atoms with Crippen molar-refractivity contribution in [2.75, 3.05) is 13.1 Å². The molecule has 1 amide bonds. The van der Waals surface area contributed by atoms with Gasteiger partial charge in [0.05, 0.1) is 11.7 Å². The Balaban J connectivity index is 1.90. The van der Waals surface area contributed by atoms with Crippen LogP contribution in [-0.4, -0.2) is 34.1 Å². The standard InChI is InChI=1S/C19H18N4O/c20-11-12-23-18(14-9-5-2-6-10-14)15-16(13-7-3-1-4-8-13)21-22-17(15)19(23)24/h1-10,18H,11-12,20H2,(H,21,22). The van der Waals surface area contributed by atoms with Gasteiger partial charge >= 0.3 is 0 Å². The number of nitrogens with one attached hydrogen (secondary N) is 1. The lowest BCUT2D eigenvalue weighted by molar-refractivity contribution is 0.0749. The van der Waals surface area contributed by atoms with Crippen LogP contribution in [0, 0.1) is 0 Å². The average molecular weight is 318 g/mol. The molecule has 0 radical (unpaired) electrons. The van der Waals surface area contributed by atoms with Gasteiger partial charge in [0.25, 0.3) is 5.91 Å². The lowest BCUT2D eigenvalue weighted by Gasteiger charge is -2.25. The highest BCUT2D eigenvalue weighted by atomic mass is 16.2. The first kappa shape index (κ1) is 14.7. The van der Waals surface area contributed by atoms with Crippen molar-refractivity contribution in [3.63, 3.8) is 0 Å². The number of H-pyrrole nitrogens is 1. The third-order valence-corrected chi connectivity index (χ3v) is 4.40. The van der Waals surface area contributed by atoms with E-state index in [4.69, 9.17) is 5.73 Å². The molecule has 120 valence electrons. The number of nitrogens with two attached hydrogens (primary N) is 1. The molecule has 0 saturated carbocycles. The van der Waals surface area contributed by atoms with E-state index in [-0.39, 0.29) is 11.9 Å². The molecule has 0 saturated heterocycles. The summed E-state index contributed by atoms with van der Waals surface area (Å²) in [6.07, 6.45) is 0. The predicted octanol–water partition coefficient (Wildman–Crippen LogP) is 2.58. The van der Waals surface area contributed by atoms with Gasteiger partial charge in [0.2, 0.25) is 0 Å². The summed E-state index contributed by atoms with van der Waals surface area (Å²) in [5, 5.41) is 7.37. The smallest absolute Gasteiger partial charge is 0.273 e. The van der Waals surface area contributed by atoms with Crippen molar-refractivity contribution in [1.82, 2.24) is 15.1 Å². The summed E-state index contributed by atoms with van der Waals surface area (Å²) in [6, 6.07) is 19.8. The summed E-state index contributed by atoms with van der Waals surface area (Å²) in [5.74, 6) is -0.0426. The van der Waals surface area contributed by atoms with Crippen LogP contribution in [0.15, 0.2) is 60.7 Å². The molecule has 0 bridgehead atoms. The van der Waals surface area contributed by atoms with E-state index in [1.807, 2.05) is 65.6 Å². The van der Waals surface area contributed by atoms with Gasteiger partial charge in [-0.1, -0.05) is 60.7 Å². The number of amides is 1. The van der Waals surface area contributed by atoms with E-state index in [2.05, 4.69) is 10.2 Å². The van der Waals surface area contributed by atoms with E-state index in [0.717, 1.165) is 22.4 Å². The second kappa shape index (κ2) is 5.94. The Morgan fingerprint density at radius 1 is 1.04 bits per heavy atom. The zero-order chi connectivity index (χ0) is 16.5. The van der Waals surface area contributed by atoms with Crippen LogP contribution in [0.5, 0.6) is 0 Å². The predicted molar refractivity (Wildman–Crippen MR) is 92.4 cm³/mol. The fourth-order valence-corrected chi connectivity index (χ4v) is 3.36. The minimum atomic E-state index is -0.161. The van der Waals surface area contributed by atoms with Crippen LogP contribution in [0.2, 0.25) is 0 Å². The summed E-state index contributed by atoms with van der Waals surface area (Å²) in [5.41, 5.74) is 10.1. The second-order valence-electron chi connectivity index (χ2n) is 5.83. The normalized spacial score (nSPS) is 16.5. The first-order valence-corrected chi connectivity index (χ1v) is 8.01. The number of aromatic nitrogens is 2. The molecule has 0 spiro atoms. The number of benzene rings is 2. The van der Waals surface area contributed by atoms with Crippen molar-refractivity contribution in [3.8, 4) is 11.3 Å². The largest absolute Gasteiger partial charge is 0.329 e. The van der Waals surface area contributed by atoms with Crippen LogP contribution in [0.1, 0.15) is 27.7 Å². The highest BCUT2D eigenvalue weighted by Crippen LogP contribution is 2.42. The highest BCUT2D eigenvalue weighted by molar-refractivity contribution is 6.00. The van der Waals surface area contributed by atoms with Crippen LogP contribution < -0.4 is 5.73 Å². The van der Waals surface area contributed by atoms with Crippen LogP contribution in [0.25, 0.3) is 11.3 Å². The number of rotatable bonds is 4. The minimum Gasteiger partial charge on any atom is -0.329 e. The third kappa shape index (κ3) is 2.21. The van der Waals surface area contributed by atoms with Gasteiger partial charge in [-0.15, -0.1) is 0 Å². The Morgan fingerprint density at radius 3 is 2.38 bits per heavy atom. The van der Waals surface area contributed by atoms with Gasteiger partial charge < -0.3 is 10.6 Å². The van der Waals surface area contributed by atoms with Crippen molar-refractivity contribution in [2.24, 2.45) is 5.73 Å². The number of carbonyl (C=O) groups is 1. The topological polar surface area (TPSA) is 75.0 Å². The van der Waals surface area contributed by atoms with Gasteiger partial charge in [0.1, 0.15) is 5.69 Å². The lowest BCUT2D eigenvalue weighted by atomic mass is 9.96. The van der Waals surface area contributed by atoms with Crippen molar-refractivity contribution in [2.45, 2.75) is 6.04 Å². The van der Waals surface area contributed by atoms with Gasteiger partial charge in [-0.2, -0.15) is 5.10 Å². The maximum absolute atomic E-state index is 12.8. The van der Waals surface area contributed by atoms with Crippen LogP contribution in [0.4, 0.5) is 0 Å². The molecule has 2 heterocycles. The Labute approximate surface area is 140 Å². The molecule has 4 rings (SSSR count). The highest BCUT2D eigenvalue weighted by Gasteiger charge is 2.41. The molecule has 3 aromatic rings. The Bertz CT molecular complexity index is 858. The van der Waals surface area contributed by atoms with Crippen molar-refractivity contribution in [3.05, 3.63) is 77.5 Å². The molecule has 1 unspecified atom stereocenters. The number of fused-ring (bicyclic) bond motifs is 1. The first-order valence-electron chi connectivity index (χ1n) is 8.01. The Kier molecular flexibility index (Phi) is 3.63. The van der Waals surface area contributed by atoms with Crippen LogP contribution in [-0.2, 0) is 0 Å². The van der Waals surface area contributed by atoms with Gasteiger partial charge in [-0.25, -0.2) is 0 Å². The summed E-state index contributed by atoms with van der Waals surface area (Å²) < 4.78 is 0. The van der Waals surface area contributed by atoms with Crippen molar-refractivity contribution < 1.29 is 4.79 Å². The summed E-state index contributed by atoms with van der Waals surface area (Å²) in [7, 11) is 0. The number of hydrogen-bond donors (Lipinski definition) is 2. The average Bonchev–Trinajstić information content (AvgIpc) is 3.17. The van der Waals surface area contributed by atoms with E-state index in [0.29, 0.717) is 18.8 Å². The van der Waals surface area contributed by atoms with Crippen LogP contribution in [0.3, 0.4) is 0 Å². The van der Waals surface area contributed by atoms with E-state index in [1.54, 1.807) is 0 Å². The molecule has 5 nitrogen and oxygen atoms in total. The molecule has 1 aromatic heterocycles.